The Morgan fingerprint density at radius 1 is 1.03 bits per heavy atom. The molecule has 4 aromatic rings. The molecule has 0 saturated heterocycles. The molecule has 1 atom stereocenters. The number of amides is 1. The van der Waals surface area contributed by atoms with Crippen LogP contribution >= 0.6 is 11.8 Å². The Kier molecular flexibility index (Phi) is 6.44. The molecule has 4 rings (SSSR count). The number of hydrogen-bond acceptors (Lipinski definition) is 5. The maximum atomic E-state index is 13.0. The van der Waals surface area contributed by atoms with Gasteiger partial charge in [0.15, 0.2) is 10.9 Å². The molecule has 1 amide bonds. The number of furan rings is 1. The lowest BCUT2D eigenvalue weighted by Crippen LogP contribution is -2.33. The molecule has 30 heavy (non-hydrogen) atoms. The third-order valence-electron chi connectivity index (χ3n) is 4.88. The van der Waals surface area contributed by atoms with E-state index in [4.69, 9.17) is 4.42 Å². The molecule has 5 nitrogen and oxygen atoms in total. The number of nitrogens with one attached hydrogen (secondary N) is 1. The van der Waals surface area contributed by atoms with Crippen LogP contribution in [0.5, 0.6) is 0 Å². The van der Waals surface area contributed by atoms with Gasteiger partial charge >= 0.3 is 0 Å². The number of rotatable bonds is 8. The van der Waals surface area contributed by atoms with Crippen LogP contribution in [-0.2, 0) is 12.2 Å². The highest BCUT2D eigenvalue weighted by Gasteiger charge is 2.22. The normalized spacial score (nSPS) is 12.0. The quantitative estimate of drug-likeness (QED) is 0.313. The first kappa shape index (κ1) is 20.2. The van der Waals surface area contributed by atoms with E-state index in [1.807, 2.05) is 49.4 Å². The van der Waals surface area contributed by atoms with Crippen LogP contribution in [0.1, 0.15) is 35.0 Å². The molecule has 0 aliphatic carbocycles. The predicted molar refractivity (Wildman–Crippen MR) is 119 cm³/mol. The van der Waals surface area contributed by atoms with Crippen molar-refractivity contribution in [3.8, 4) is 0 Å². The zero-order valence-corrected chi connectivity index (χ0v) is 17.6. The highest BCUT2D eigenvalue weighted by atomic mass is 32.2. The van der Waals surface area contributed by atoms with Crippen LogP contribution in [-0.4, -0.2) is 21.9 Å². The minimum atomic E-state index is -0.184. The fourth-order valence-corrected chi connectivity index (χ4v) is 4.14. The number of thioether (sulfide) groups is 1. The maximum absolute atomic E-state index is 13.0. The number of carbonyl (C=O) groups excluding carboxylic acids is 1. The molecule has 1 unspecified atom stereocenters. The fourth-order valence-electron chi connectivity index (χ4n) is 3.31. The lowest BCUT2D eigenvalue weighted by molar-refractivity contribution is 0.0911. The van der Waals surface area contributed by atoms with Crippen molar-refractivity contribution in [1.82, 2.24) is 15.3 Å². The van der Waals surface area contributed by atoms with Crippen LogP contribution < -0.4 is 5.32 Å². The summed E-state index contributed by atoms with van der Waals surface area (Å²) in [6.07, 6.45) is 5.20. The molecule has 1 N–H and O–H groups in total. The van der Waals surface area contributed by atoms with Gasteiger partial charge in [-0.3, -0.25) is 4.79 Å². The van der Waals surface area contributed by atoms with Gasteiger partial charge in [0.1, 0.15) is 5.58 Å². The van der Waals surface area contributed by atoms with Gasteiger partial charge in [-0.2, -0.15) is 0 Å². The van der Waals surface area contributed by atoms with Gasteiger partial charge in [-0.15, -0.1) is 0 Å². The van der Waals surface area contributed by atoms with Crippen LogP contribution in [0.15, 0.2) is 82.6 Å². The third-order valence-corrected chi connectivity index (χ3v) is 5.78. The first-order valence-electron chi connectivity index (χ1n) is 9.95. The number of hydrogen-bond donors (Lipinski definition) is 1. The number of fused-ring (bicyclic) bond motifs is 1. The average molecular weight is 418 g/mol. The van der Waals surface area contributed by atoms with Crippen molar-refractivity contribution in [3.05, 3.63) is 89.9 Å². The molecule has 0 spiro atoms. The van der Waals surface area contributed by atoms with Gasteiger partial charge in [0.2, 0.25) is 0 Å². The van der Waals surface area contributed by atoms with E-state index in [1.54, 1.807) is 18.5 Å². The summed E-state index contributed by atoms with van der Waals surface area (Å²) in [6.45, 7) is 2.02. The molecule has 0 saturated carbocycles. The van der Waals surface area contributed by atoms with Gasteiger partial charge in [0.05, 0.1) is 0 Å². The number of para-hydroxylation sites is 1. The zero-order chi connectivity index (χ0) is 20.8. The van der Waals surface area contributed by atoms with Crippen LogP contribution in [0.25, 0.3) is 11.0 Å². The van der Waals surface area contributed by atoms with E-state index in [0.29, 0.717) is 22.3 Å². The van der Waals surface area contributed by atoms with E-state index in [9.17, 15) is 4.79 Å². The lowest BCUT2D eigenvalue weighted by Gasteiger charge is -2.13. The largest absolute Gasteiger partial charge is 0.451 e. The van der Waals surface area contributed by atoms with Crippen molar-refractivity contribution in [2.75, 3.05) is 0 Å². The van der Waals surface area contributed by atoms with Crippen LogP contribution in [0.4, 0.5) is 0 Å². The minimum absolute atomic E-state index is 0.0314. The first-order chi connectivity index (χ1) is 14.7. The fraction of sp³-hybridized carbons (Fsp3) is 0.208. The lowest BCUT2D eigenvalue weighted by atomic mass is 10.1. The summed E-state index contributed by atoms with van der Waals surface area (Å²) in [4.78, 5) is 21.5. The van der Waals surface area contributed by atoms with Crippen LogP contribution in [0.2, 0.25) is 0 Å². The molecule has 0 fully saturated rings. The Bertz CT molecular complexity index is 1110. The van der Waals surface area contributed by atoms with E-state index in [2.05, 4.69) is 27.4 Å². The smallest absolute Gasteiger partial charge is 0.287 e. The average Bonchev–Trinajstić information content (AvgIpc) is 3.16. The summed E-state index contributed by atoms with van der Waals surface area (Å²) >= 11 is 1.49. The Morgan fingerprint density at radius 3 is 2.57 bits per heavy atom. The second-order valence-corrected chi connectivity index (χ2v) is 8.07. The summed E-state index contributed by atoms with van der Waals surface area (Å²) in [7, 11) is 0. The van der Waals surface area contributed by atoms with E-state index >= 15 is 0 Å². The van der Waals surface area contributed by atoms with Gasteiger partial charge in [-0.1, -0.05) is 60.3 Å². The Morgan fingerprint density at radius 2 is 1.77 bits per heavy atom. The SMILES string of the molecule is CC(CCc1ccccc1)NC(=O)c1oc2ccccc2c1CSc1ncccn1. The number of benzene rings is 2. The number of carbonyl (C=O) groups is 1. The van der Waals surface area contributed by atoms with Crippen molar-refractivity contribution in [2.24, 2.45) is 0 Å². The van der Waals surface area contributed by atoms with Gasteiger partial charge in [-0.25, -0.2) is 9.97 Å². The van der Waals surface area contributed by atoms with E-state index < -0.39 is 0 Å². The highest BCUT2D eigenvalue weighted by molar-refractivity contribution is 7.98. The van der Waals surface area contributed by atoms with Gasteiger partial charge in [-0.05, 0) is 37.5 Å². The summed E-state index contributed by atoms with van der Waals surface area (Å²) in [5.74, 6) is 0.741. The first-order valence-corrected chi connectivity index (χ1v) is 10.9. The van der Waals surface area contributed by atoms with Crippen LogP contribution in [0.3, 0.4) is 0 Å². The van der Waals surface area contributed by atoms with E-state index in [-0.39, 0.29) is 11.9 Å². The molecule has 6 heteroatoms. The standard InChI is InChI=1S/C24H23N3O2S/c1-17(12-13-18-8-3-2-4-9-18)27-23(28)22-20(16-30-24-25-14-7-15-26-24)19-10-5-6-11-21(19)29-22/h2-11,14-15,17H,12-13,16H2,1H3,(H,27,28). The molecule has 0 radical (unpaired) electrons. The molecule has 2 aromatic heterocycles. The van der Waals surface area contributed by atoms with Crippen molar-refractivity contribution in [3.63, 3.8) is 0 Å². The van der Waals surface area contributed by atoms with Crippen molar-refractivity contribution < 1.29 is 9.21 Å². The molecule has 2 heterocycles. The Labute approximate surface area is 179 Å². The number of aryl methyl sites for hydroxylation is 1. The maximum Gasteiger partial charge on any atom is 0.287 e. The second-order valence-electron chi connectivity index (χ2n) is 7.12. The Balaban J connectivity index is 1.48. The summed E-state index contributed by atoms with van der Waals surface area (Å²) in [6, 6.07) is 19.8. The van der Waals surface area contributed by atoms with E-state index in [1.165, 1.54) is 17.3 Å². The Hall–Kier alpha value is -3.12. The summed E-state index contributed by atoms with van der Waals surface area (Å²) < 4.78 is 5.95. The molecule has 152 valence electrons. The molecule has 0 aliphatic rings. The minimum Gasteiger partial charge on any atom is -0.451 e. The topological polar surface area (TPSA) is 68.0 Å². The van der Waals surface area contributed by atoms with E-state index in [0.717, 1.165) is 23.8 Å². The van der Waals surface area contributed by atoms with Crippen LogP contribution in [0, 0.1) is 0 Å². The monoisotopic (exact) mass is 417 g/mol. The third kappa shape index (κ3) is 4.89. The molecule has 0 bridgehead atoms. The molecule has 2 aromatic carbocycles. The zero-order valence-electron chi connectivity index (χ0n) is 16.7. The molecular weight excluding hydrogens is 394 g/mol. The summed E-state index contributed by atoms with van der Waals surface area (Å²) in [5.41, 5.74) is 2.85. The van der Waals surface area contributed by atoms with Gasteiger partial charge in [0, 0.05) is 35.1 Å². The highest BCUT2D eigenvalue weighted by Crippen LogP contribution is 2.31. The van der Waals surface area contributed by atoms with Gasteiger partial charge < -0.3 is 9.73 Å². The second kappa shape index (κ2) is 9.59. The van der Waals surface area contributed by atoms with Gasteiger partial charge in [0.25, 0.3) is 5.91 Å². The van der Waals surface area contributed by atoms with Crippen molar-refractivity contribution in [2.45, 2.75) is 36.7 Å². The molecule has 0 aliphatic heterocycles. The number of aromatic nitrogens is 2. The summed E-state index contributed by atoms with van der Waals surface area (Å²) in [5, 5.41) is 4.71. The van der Waals surface area contributed by atoms with Crippen molar-refractivity contribution in [1.29, 1.82) is 0 Å². The molecular formula is C24H23N3O2S. The van der Waals surface area contributed by atoms with Crippen molar-refractivity contribution >= 4 is 28.6 Å². The number of nitrogens with zero attached hydrogens (tertiary/aromatic N) is 2. The predicted octanol–water partition coefficient (Wildman–Crippen LogP) is 5.27.